The third-order valence-electron chi connectivity index (χ3n) is 4.43. The molecule has 0 aliphatic carbocycles. The van der Waals surface area contributed by atoms with Gasteiger partial charge in [0, 0.05) is 24.2 Å². The molecule has 0 saturated carbocycles. The maximum atomic E-state index is 13.3. The molecule has 0 bridgehead atoms. The molecule has 0 saturated heterocycles. The largest absolute Gasteiger partial charge is 0.494 e. The summed E-state index contributed by atoms with van der Waals surface area (Å²) in [5.74, 6) is 0.450. The van der Waals surface area contributed by atoms with E-state index in [2.05, 4.69) is 4.98 Å². The number of nitrogens with zero attached hydrogens (tertiary/aromatic N) is 4. The van der Waals surface area contributed by atoms with Crippen LogP contribution in [0, 0.1) is 10.1 Å². The van der Waals surface area contributed by atoms with Gasteiger partial charge in [0.25, 0.3) is 11.6 Å². The van der Waals surface area contributed by atoms with Crippen LogP contribution in [0.5, 0.6) is 5.75 Å². The number of carbonyl (C=O) groups excluding carboxylic acids is 1. The summed E-state index contributed by atoms with van der Waals surface area (Å²) >= 11 is 1.40. The summed E-state index contributed by atoms with van der Waals surface area (Å²) in [6, 6.07) is 11.4. The fourth-order valence-electron chi connectivity index (χ4n) is 3.00. The van der Waals surface area contributed by atoms with Crippen LogP contribution in [-0.2, 0) is 0 Å². The number of hydrogen-bond acceptors (Lipinski definition) is 7. The minimum absolute atomic E-state index is 0. The van der Waals surface area contributed by atoms with Crippen molar-refractivity contribution in [3.8, 4) is 5.75 Å². The highest BCUT2D eigenvalue weighted by Gasteiger charge is 2.23. The number of fused-ring (bicyclic) bond motifs is 1. The van der Waals surface area contributed by atoms with Crippen molar-refractivity contribution in [2.45, 2.75) is 13.3 Å². The number of hydrogen-bond donors (Lipinski definition) is 0. The highest BCUT2D eigenvalue weighted by atomic mass is 35.5. The summed E-state index contributed by atoms with van der Waals surface area (Å²) < 4.78 is 6.47. The third-order valence-corrected chi connectivity index (χ3v) is 5.47. The number of halogens is 1. The minimum atomic E-state index is -0.500. The zero-order chi connectivity index (χ0) is 21.7. The maximum Gasteiger partial charge on any atom is 0.270 e. The van der Waals surface area contributed by atoms with Crippen molar-refractivity contribution in [1.82, 2.24) is 9.88 Å². The van der Waals surface area contributed by atoms with Gasteiger partial charge in [0.15, 0.2) is 5.13 Å². The Bertz CT molecular complexity index is 1060. The Morgan fingerprint density at radius 1 is 1.19 bits per heavy atom. The first-order valence-corrected chi connectivity index (χ1v) is 10.4. The van der Waals surface area contributed by atoms with Crippen LogP contribution in [0.15, 0.2) is 42.5 Å². The van der Waals surface area contributed by atoms with Crippen LogP contribution >= 0.6 is 23.7 Å². The summed E-state index contributed by atoms with van der Waals surface area (Å²) in [7, 11) is 3.94. The van der Waals surface area contributed by atoms with Gasteiger partial charge in [0.2, 0.25) is 0 Å². The molecule has 1 heterocycles. The van der Waals surface area contributed by atoms with E-state index in [-0.39, 0.29) is 29.6 Å². The van der Waals surface area contributed by atoms with Gasteiger partial charge in [0.1, 0.15) is 5.75 Å². The summed E-state index contributed by atoms with van der Waals surface area (Å²) in [4.78, 5) is 32.2. The fraction of sp³-hybridized carbons (Fsp3) is 0.333. The molecule has 31 heavy (non-hydrogen) atoms. The number of amides is 1. The molecule has 0 N–H and O–H groups in total. The van der Waals surface area contributed by atoms with Crippen LogP contribution in [0.3, 0.4) is 0 Å². The lowest BCUT2D eigenvalue weighted by atomic mass is 10.1. The van der Waals surface area contributed by atoms with Crippen LogP contribution < -0.4 is 9.64 Å². The van der Waals surface area contributed by atoms with Gasteiger partial charge in [-0.05, 0) is 58.3 Å². The van der Waals surface area contributed by atoms with Crippen molar-refractivity contribution in [2.75, 3.05) is 38.7 Å². The van der Waals surface area contributed by atoms with Crippen molar-refractivity contribution in [2.24, 2.45) is 0 Å². The molecule has 3 aromatic rings. The molecule has 10 heteroatoms. The quantitative estimate of drug-likeness (QED) is 0.339. The van der Waals surface area contributed by atoms with E-state index in [1.807, 2.05) is 44.1 Å². The Morgan fingerprint density at radius 2 is 1.97 bits per heavy atom. The Labute approximate surface area is 191 Å². The topological polar surface area (TPSA) is 88.8 Å². The van der Waals surface area contributed by atoms with E-state index in [4.69, 9.17) is 4.74 Å². The van der Waals surface area contributed by atoms with Gasteiger partial charge >= 0.3 is 0 Å². The first-order chi connectivity index (χ1) is 14.4. The SMILES string of the molecule is CCOc1ccc2nc(N(CCCN(C)C)C(=O)c3cccc([N+](=O)[O-])c3)sc2c1.Cl. The number of non-ortho nitro benzene ring substituents is 1. The minimum Gasteiger partial charge on any atom is -0.494 e. The molecule has 0 atom stereocenters. The number of nitro benzene ring substituents is 1. The first kappa shape index (κ1) is 24.5. The molecule has 0 unspecified atom stereocenters. The lowest BCUT2D eigenvalue weighted by Gasteiger charge is -2.21. The zero-order valence-corrected chi connectivity index (χ0v) is 19.2. The highest BCUT2D eigenvalue weighted by molar-refractivity contribution is 7.22. The van der Waals surface area contributed by atoms with Gasteiger partial charge in [-0.15, -0.1) is 12.4 Å². The molecule has 0 spiro atoms. The number of anilines is 1. The van der Waals surface area contributed by atoms with E-state index >= 15 is 0 Å². The smallest absolute Gasteiger partial charge is 0.270 e. The second kappa shape index (κ2) is 11.0. The van der Waals surface area contributed by atoms with Gasteiger partial charge in [-0.2, -0.15) is 0 Å². The zero-order valence-electron chi connectivity index (χ0n) is 17.6. The van der Waals surface area contributed by atoms with Crippen molar-refractivity contribution in [1.29, 1.82) is 0 Å². The second-order valence-electron chi connectivity index (χ2n) is 6.98. The lowest BCUT2D eigenvalue weighted by molar-refractivity contribution is -0.384. The highest BCUT2D eigenvalue weighted by Crippen LogP contribution is 2.32. The third kappa shape index (κ3) is 6.13. The van der Waals surface area contributed by atoms with Crippen LogP contribution in [0.25, 0.3) is 10.2 Å². The van der Waals surface area contributed by atoms with E-state index in [0.717, 1.165) is 28.9 Å². The van der Waals surface area contributed by atoms with Gasteiger partial charge < -0.3 is 9.64 Å². The molecule has 3 rings (SSSR count). The normalized spacial score (nSPS) is 10.7. The van der Waals surface area contributed by atoms with E-state index in [1.54, 1.807) is 11.0 Å². The molecule has 0 radical (unpaired) electrons. The Morgan fingerprint density at radius 3 is 2.65 bits per heavy atom. The summed E-state index contributed by atoms with van der Waals surface area (Å²) in [5.41, 5.74) is 0.936. The Balaban J connectivity index is 0.00000341. The van der Waals surface area contributed by atoms with Gasteiger partial charge in [-0.3, -0.25) is 19.8 Å². The molecule has 166 valence electrons. The molecule has 1 aromatic heterocycles. The van der Waals surface area contributed by atoms with E-state index in [0.29, 0.717) is 18.3 Å². The van der Waals surface area contributed by atoms with Crippen LogP contribution in [0.4, 0.5) is 10.8 Å². The first-order valence-electron chi connectivity index (χ1n) is 9.63. The van der Waals surface area contributed by atoms with Gasteiger partial charge in [-0.25, -0.2) is 4.98 Å². The van der Waals surface area contributed by atoms with Crippen molar-refractivity contribution < 1.29 is 14.5 Å². The van der Waals surface area contributed by atoms with Crippen LogP contribution in [0.2, 0.25) is 0 Å². The predicted molar refractivity (Wildman–Crippen MR) is 126 cm³/mol. The predicted octanol–water partition coefficient (Wildman–Crippen LogP) is 4.62. The molecule has 0 aliphatic rings. The molecule has 1 amide bonds. The van der Waals surface area contributed by atoms with Gasteiger partial charge in [0.05, 0.1) is 21.7 Å². The number of rotatable bonds is 9. The second-order valence-corrected chi connectivity index (χ2v) is 7.99. The summed E-state index contributed by atoms with van der Waals surface area (Å²) in [6.07, 6.45) is 0.744. The fourth-order valence-corrected chi connectivity index (χ4v) is 4.02. The monoisotopic (exact) mass is 464 g/mol. The average molecular weight is 465 g/mol. The number of nitro groups is 1. The average Bonchev–Trinajstić information content (AvgIpc) is 3.14. The van der Waals surface area contributed by atoms with Crippen LogP contribution in [0.1, 0.15) is 23.7 Å². The molecule has 8 nitrogen and oxygen atoms in total. The maximum absolute atomic E-state index is 13.3. The summed E-state index contributed by atoms with van der Waals surface area (Å²) in [5, 5.41) is 11.7. The van der Waals surface area contributed by atoms with Gasteiger partial charge in [-0.1, -0.05) is 17.4 Å². The van der Waals surface area contributed by atoms with Crippen molar-refractivity contribution in [3.05, 3.63) is 58.1 Å². The molecule has 0 fully saturated rings. The molecular formula is C21H25ClN4O4S. The molecule has 0 aliphatic heterocycles. The number of carbonyl (C=O) groups is 1. The summed E-state index contributed by atoms with van der Waals surface area (Å²) in [6.45, 7) is 3.75. The Hall–Kier alpha value is -2.75. The molecule has 2 aromatic carbocycles. The Kier molecular flexibility index (Phi) is 8.73. The van der Waals surface area contributed by atoms with E-state index < -0.39 is 4.92 Å². The van der Waals surface area contributed by atoms with Crippen molar-refractivity contribution >= 4 is 50.7 Å². The number of aromatic nitrogens is 1. The standard InChI is InChI=1S/C21H24N4O4S.ClH/c1-4-29-17-9-10-18-19(14-17)30-21(22-18)24(12-6-11-23(2)3)20(26)15-7-5-8-16(13-15)25(27)28;/h5,7-10,13-14H,4,6,11-12H2,1-3H3;1H. The number of ether oxygens (including phenoxy) is 1. The van der Waals surface area contributed by atoms with Crippen molar-refractivity contribution in [3.63, 3.8) is 0 Å². The lowest BCUT2D eigenvalue weighted by Crippen LogP contribution is -2.33. The van der Waals surface area contributed by atoms with E-state index in [9.17, 15) is 14.9 Å². The number of thiazole rings is 1. The molecular weight excluding hydrogens is 440 g/mol. The number of benzene rings is 2. The van der Waals surface area contributed by atoms with E-state index in [1.165, 1.54) is 29.5 Å². The van der Waals surface area contributed by atoms with Crippen LogP contribution in [-0.4, -0.2) is 54.5 Å².